The summed E-state index contributed by atoms with van der Waals surface area (Å²) in [6.45, 7) is 0. The topological polar surface area (TPSA) is 21.6 Å². The Morgan fingerprint density at radius 2 is 2.17 bits per heavy atom. The first-order valence-corrected chi connectivity index (χ1v) is 4.77. The van der Waals surface area contributed by atoms with E-state index in [9.17, 15) is 0 Å². The number of nitrogens with zero attached hydrogens (tertiary/aromatic N) is 1. The van der Waals surface area contributed by atoms with E-state index in [0.29, 0.717) is 0 Å². The van der Waals surface area contributed by atoms with Gasteiger partial charge in [-0.2, -0.15) is 3.17 Å². The van der Waals surface area contributed by atoms with Crippen LogP contribution in [0.1, 0.15) is 0 Å². The first-order chi connectivity index (χ1) is 2.77. The quantitative estimate of drug-likeness (QED) is 0.514. The van der Waals surface area contributed by atoms with E-state index in [2.05, 4.69) is 30.1 Å². The van der Waals surface area contributed by atoms with Crippen LogP contribution in [0.25, 0.3) is 0 Å². The van der Waals surface area contributed by atoms with Crippen molar-refractivity contribution in [2.24, 2.45) is 4.53 Å². The molecule has 0 aromatic heterocycles. The second-order valence-electron chi connectivity index (χ2n) is 0.361. The number of halogens is 1. The van der Waals surface area contributed by atoms with Gasteiger partial charge in [0.2, 0.25) is 0 Å². The molecule has 2 nitrogen and oxygen atoms in total. The lowest BCUT2D eigenvalue weighted by Gasteiger charge is -1.63. The summed E-state index contributed by atoms with van der Waals surface area (Å²) in [7, 11) is -0.754. The fourth-order valence-corrected chi connectivity index (χ4v) is 1.39. The van der Waals surface area contributed by atoms with Gasteiger partial charge in [-0.1, -0.05) is 4.53 Å². The Morgan fingerprint density at radius 1 is 1.67 bits per heavy atom. The largest absolute Gasteiger partial charge is 0.171 e. The molecule has 0 fully saturated rings. The van der Waals surface area contributed by atoms with Crippen LogP contribution < -0.4 is 0 Å². The smallest absolute Gasteiger partial charge is 0.149 e. The van der Waals surface area contributed by atoms with Gasteiger partial charge in [0.25, 0.3) is 0 Å². The summed E-state index contributed by atoms with van der Waals surface area (Å²) in [5, 5.41) is 0. The minimum atomic E-state index is -0.754. The predicted octanol–water partition coefficient (Wildman–Crippen LogP) is 0.994. The molecule has 0 atom stereocenters. The minimum absolute atomic E-state index is 0.754. The van der Waals surface area contributed by atoms with Crippen LogP contribution in [0.15, 0.2) is 4.53 Å². The van der Waals surface area contributed by atoms with E-state index in [-0.39, 0.29) is 0 Å². The summed E-state index contributed by atoms with van der Waals surface area (Å²) >= 11 is 10.5. The highest BCUT2D eigenvalue weighted by Gasteiger charge is 1.55. The van der Waals surface area contributed by atoms with E-state index in [1.54, 1.807) is 23.0 Å². The van der Waals surface area contributed by atoms with Crippen LogP contribution in [0, 0.1) is 0 Å². The molecule has 0 bridgehead atoms. The van der Waals surface area contributed by atoms with Crippen molar-refractivity contribution >= 4 is 53.2 Å². The van der Waals surface area contributed by atoms with Crippen molar-refractivity contribution < 1.29 is 3.17 Å². The Balaban J connectivity index is 3.78. The third kappa shape index (κ3) is 5.15. The predicted molar refractivity (Wildman–Crippen MR) is 39.6 cm³/mol. The zero-order valence-electron chi connectivity index (χ0n) is 2.46. The van der Waals surface area contributed by atoms with Crippen LogP contribution in [-0.2, 0) is 33.4 Å². The molecule has 0 spiro atoms. The molecule has 0 radical (unpaired) electrons. The molecule has 6 heteroatoms. The molecular formula is INOS3. The van der Waals surface area contributed by atoms with Crippen LogP contribution in [0.3, 0.4) is 0 Å². The molecule has 0 rings (SSSR count). The Morgan fingerprint density at radius 3 is 2.17 bits per heavy atom. The fourth-order valence-electron chi connectivity index (χ4n) is 0.0230. The normalized spacial score (nSPS) is 7.50. The lowest BCUT2D eigenvalue weighted by molar-refractivity contribution is 0.478. The molecule has 6 heavy (non-hydrogen) atoms. The molecule has 0 aliphatic heterocycles. The standard InChI is InChI=1S/INOS3/c1-3-2-6(4)5. The average Bonchev–Trinajstić information content (AvgIpc) is 1.35. The summed E-state index contributed by atoms with van der Waals surface area (Å²) in [6.07, 6.45) is 0. The molecule has 36 valence electrons. The van der Waals surface area contributed by atoms with Crippen LogP contribution in [0.2, 0.25) is 0 Å². The van der Waals surface area contributed by atoms with Crippen molar-refractivity contribution in [2.75, 3.05) is 0 Å². The number of hydrogen-bond acceptors (Lipinski definition) is 4. The second-order valence-corrected chi connectivity index (χ2v) is 3.87. The van der Waals surface area contributed by atoms with Gasteiger partial charge in [0, 0.05) is 22.4 Å². The molecule has 0 aliphatic rings. The first-order valence-electron chi connectivity index (χ1n) is 0.853. The lowest BCUT2D eigenvalue weighted by Crippen LogP contribution is -1.47. The van der Waals surface area contributed by atoms with Gasteiger partial charge in [-0.3, -0.25) is 0 Å². The molecule has 0 heterocycles. The summed E-state index contributed by atoms with van der Waals surface area (Å²) in [5.41, 5.74) is 0. The molecular weight excluding hydrogens is 253 g/mol. The molecule has 0 unspecified atom stereocenters. The Labute approximate surface area is 60.5 Å². The van der Waals surface area contributed by atoms with E-state index >= 15 is 0 Å². The van der Waals surface area contributed by atoms with Crippen LogP contribution in [0.5, 0.6) is 0 Å². The molecule has 0 aliphatic carbocycles. The highest BCUT2D eigenvalue weighted by molar-refractivity contribution is 14.1. The summed E-state index contributed by atoms with van der Waals surface area (Å²) in [5.74, 6) is 0. The zero-order valence-corrected chi connectivity index (χ0v) is 7.07. The van der Waals surface area contributed by atoms with Crippen molar-refractivity contribution in [3.05, 3.63) is 0 Å². The molecule has 0 saturated carbocycles. The van der Waals surface area contributed by atoms with Crippen molar-refractivity contribution in [3.63, 3.8) is 0 Å². The SMILES string of the molecule is S=S(=S)=NOI. The van der Waals surface area contributed by atoms with Crippen LogP contribution in [-0.4, -0.2) is 0 Å². The van der Waals surface area contributed by atoms with Gasteiger partial charge in [0.15, 0.2) is 0 Å². The van der Waals surface area contributed by atoms with Gasteiger partial charge >= 0.3 is 0 Å². The molecule has 0 amide bonds. The molecule has 0 saturated heterocycles. The van der Waals surface area contributed by atoms with Crippen molar-refractivity contribution in [1.82, 2.24) is 0 Å². The monoisotopic (exact) mass is 253 g/mol. The first kappa shape index (κ1) is 7.15. The van der Waals surface area contributed by atoms with Gasteiger partial charge < -0.3 is 0 Å². The van der Waals surface area contributed by atoms with Crippen molar-refractivity contribution in [2.45, 2.75) is 0 Å². The summed E-state index contributed by atoms with van der Waals surface area (Å²) in [6, 6.07) is 0. The van der Waals surface area contributed by atoms with Gasteiger partial charge in [0.1, 0.15) is 23.0 Å². The minimum Gasteiger partial charge on any atom is -0.171 e. The van der Waals surface area contributed by atoms with E-state index in [1.807, 2.05) is 0 Å². The maximum Gasteiger partial charge on any atom is 0.149 e. The number of hydrogen-bond donors (Lipinski definition) is 0. The van der Waals surface area contributed by atoms with Crippen molar-refractivity contribution in [3.8, 4) is 0 Å². The Kier molecular flexibility index (Phi) is 5.14. The van der Waals surface area contributed by atoms with E-state index < -0.39 is 7.81 Å². The Bertz CT molecular complexity index is 125. The average molecular weight is 253 g/mol. The van der Waals surface area contributed by atoms with E-state index in [0.717, 1.165) is 0 Å². The fraction of sp³-hybridized carbons (Fsp3) is 0. The van der Waals surface area contributed by atoms with Gasteiger partial charge in [-0.05, 0) is 0 Å². The van der Waals surface area contributed by atoms with E-state index in [4.69, 9.17) is 0 Å². The highest BCUT2D eigenvalue weighted by atomic mass is 127. The third-order valence-corrected chi connectivity index (χ3v) is 1.11. The molecule has 0 N–H and O–H groups in total. The van der Waals surface area contributed by atoms with Gasteiger partial charge in [0.05, 0.1) is 7.81 Å². The maximum absolute atomic E-state index is 4.42. The summed E-state index contributed by atoms with van der Waals surface area (Å²) < 4.78 is 7.47. The van der Waals surface area contributed by atoms with Crippen LogP contribution >= 0.6 is 23.0 Å². The maximum atomic E-state index is 4.42. The van der Waals surface area contributed by atoms with E-state index in [1.165, 1.54) is 0 Å². The highest BCUT2D eigenvalue weighted by Crippen LogP contribution is 1.82. The van der Waals surface area contributed by atoms with Gasteiger partial charge in [-0.15, -0.1) is 0 Å². The van der Waals surface area contributed by atoms with Gasteiger partial charge in [-0.25, -0.2) is 0 Å². The molecule has 0 aromatic rings. The Hall–Kier alpha value is 1.15. The third-order valence-electron chi connectivity index (χ3n) is 0.0890. The van der Waals surface area contributed by atoms with Crippen molar-refractivity contribution in [1.29, 1.82) is 0 Å². The van der Waals surface area contributed by atoms with Crippen LogP contribution in [0.4, 0.5) is 0 Å². The second kappa shape index (κ2) is 4.31. The summed E-state index contributed by atoms with van der Waals surface area (Å²) in [4.78, 5) is 0. The molecule has 0 aromatic carbocycles. The number of rotatable bonds is 1. The zero-order chi connectivity index (χ0) is 4.99. The lowest BCUT2D eigenvalue weighted by atomic mass is 13.6.